The lowest BCUT2D eigenvalue weighted by atomic mass is 10.1. The zero-order valence-electron chi connectivity index (χ0n) is 12.1. The molecule has 0 spiro atoms. The van der Waals surface area contributed by atoms with Crippen molar-refractivity contribution >= 4 is 0 Å². The third-order valence-electron chi connectivity index (χ3n) is 4.10. The summed E-state index contributed by atoms with van der Waals surface area (Å²) >= 11 is 0. The van der Waals surface area contributed by atoms with Gasteiger partial charge in [-0.05, 0) is 49.8 Å². The lowest BCUT2D eigenvalue weighted by Crippen LogP contribution is -2.23. The van der Waals surface area contributed by atoms with Crippen LogP contribution >= 0.6 is 0 Å². The molecule has 0 bridgehead atoms. The number of hydrogen-bond acceptors (Lipinski definition) is 3. The van der Waals surface area contributed by atoms with Crippen molar-refractivity contribution in [3.8, 4) is 0 Å². The molecule has 1 saturated carbocycles. The Kier molecular flexibility index (Phi) is 5.06. The second kappa shape index (κ2) is 7.21. The first-order chi connectivity index (χ1) is 9.90. The SMILES string of the molecule is c1cc(COC2CCOCC2)ccc1CCNC1CC1. The van der Waals surface area contributed by atoms with Crippen LogP contribution in [0.2, 0.25) is 0 Å². The number of nitrogens with one attached hydrogen (secondary N) is 1. The minimum absolute atomic E-state index is 0.381. The van der Waals surface area contributed by atoms with Crippen molar-refractivity contribution in [1.29, 1.82) is 0 Å². The van der Waals surface area contributed by atoms with Crippen LogP contribution in [0.15, 0.2) is 24.3 Å². The van der Waals surface area contributed by atoms with Crippen LogP contribution in [0.1, 0.15) is 36.8 Å². The minimum Gasteiger partial charge on any atom is -0.381 e. The lowest BCUT2D eigenvalue weighted by Gasteiger charge is -2.22. The molecule has 0 radical (unpaired) electrons. The van der Waals surface area contributed by atoms with Gasteiger partial charge >= 0.3 is 0 Å². The predicted octanol–water partition coefficient (Wildman–Crippen LogP) is 2.68. The molecule has 1 aromatic carbocycles. The van der Waals surface area contributed by atoms with Gasteiger partial charge in [-0.25, -0.2) is 0 Å². The van der Waals surface area contributed by atoms with Gasteiger partial charge in [-0.3, -0.25) is 0 Å². The van der Waals surface area contributed by atoms with E-state index in [0.29, 0.717) is 6.10 Å². The van der Waals surface area contributed by atoms with Crippen LogP contribution in [0.4, 0.5) is 0 Å². The smallest absolute Gasteiger partial charge is 0.0720 e. The molecule has 0 amide bonds. The lowest BCUT2D eigenvalue weighted by molar-refractivity contribution is -0.0390. The first-order valence-electron chi connectivity index (χ1n) is 7.91. The average Bonchev–Trinajstić information content (AvgIpc) is 3.32. The van der Waals surface area contributed by atoms with Gasteiger partial charge < -0.3 is 14.8 Å². The highest BCUT2D eigenvalue weighted by Crippen LogP contribution is 2.18. The molecule has 1 aliphatic heterocycles. The number of benzene rings is 1. The Bertz CT molecular complexity index is 394. The average molecular weight is 275 g/mol. The van der Waals surface area contributed by atoms with Crippen LogP contribution in [0, 0.1) is 0 Å². The van der Waals surface area contributed by atoms with Crippen molar-refractivity contribution in [2.24, 2.45) is 0 Å². The molecule has 20 heavy (non-hydrogen) atoms. The van der Waals surface area contributed by atoms with Gasteiger partial charge in [-0.1, -0.05) is 24.3 Å². The van der Waals surface area contributed by atoms with Gasteiger partial charge in [0.15, 0.2) is 0 Å². The normalized spacial score (nSPS) is 20.2. The van der Waals surface area contributed by atoms with E-state index >= 15 is 0 Å². The van der Waals surface area contributed by atoms with Gasteiger partial charge in [0, 0.05) is 19.3 Å². The number of rotatable bonds is 7. The van der Waals surface area contributed by atoms with E-state index in [-0.39, 0.29) is 0 Å². The van der Waals surface area contributed by atoms with Crippen LogP contribution in [0.5, 0.6) is 0 Å². The highest BCUT2D eigenvalue weighted by atomic mass is 16.5. The summed E-state index contributed by atoms with van der Waals surface area (Å²) in [5.74, 6) is 0. The van der Waals surface area contributed by atoms with E-state index < -0.39 is 0 Å². The van der Waals surface area contributed by atoms with E-state index in [1.54, 1.807) is 0 Å². The molecule has 110 valence electrons. The second-order valence-corrected chi connectivity index (χ2v) is 5.92. The Morgan fingerprint density at radius 1 is 1.00 bits per heavy atom. The maximum Gasteiger partial charge on any atom is 0.0720 e. The first-order valence-corrected chi connectivity index (χ1v) is 7.91. The zero-order chi connectivity index (χ0) is 13.6. The van der Waals surface area contributed by atoms with Crippen molar-refractivity contribution in [3.05, 3.63) is 35.4 Å². The van der Waals surface area contributed by atoms with E-state index in [0.717, 1.165) is 51.7 Å². The molecule has 2 aliphatic rings. The second-order valence-electron chi connectivity index (χ2n) is 5.92. The van der Waals surface area contributed by atoms with E-state index in [4.69, 9.17) is 9.47 Å². The first kappa shape index (κ1) is 14.1. The topological polar surface area (TPSA) is 30.5 Å². The standard InChI is InChI=1S/C17H25NO2/c1-3-15(13-20-17-8-11-19-12-9-17)4-2-14(1)7-10-18-16-5-6-16/h1-4,16-18H,5-13H2. The third-order valence-corrected chi connectivity index (χ3v) is 4.10. The molecule has 1 saturated heterocycles. The van der Waals surface area contributed by atoms with Crippen molar-refractivity contribution < 1.29 is 9.47 Å². The van der Waals surface area contributed by atoms with Crippen LogP contribution in [0.25, 0.3) is 0 Å². The molecule has 3 nitrogen and oxygen atoms in total. The molecule has 0 aromatic heterocycles. The monoisotopic (exact) mass is 275 g/mol. The molecule has 1 heterocycles. The van der Waals surface area contributed by atoms with E-state index in [2.05, 4.69) is 29.6 Å². The Morgan fingerprint density at radius 2 is 1.70 bits per heavy atom. The highest BCUT2D eigenvalue weighted by molar-refractivity contribution is 5.22. The molecular weight excluding hydrogens is 250 g/mol. The summed E-state index contributed by atoms with van der Waals surface area (Å²) < 4.78 is 11.3. The van der Waals surface area contributed by atoms with Gasteiger partial charge in [-0.2, -0.15) is 0 Å². The molecule has 1 aromatic rings. The summed E-state index contributed by atoms with van der Waals surface area (Å²) in [6.45, 7) is 3.52. The zero-order valence-corrected chi connectivity index (χ0v) is 12.1. The van der Waals surface area contributed by atoms with Crippen LogP contribution in [0.3, 0.4) is 0 Å². The van der Waals surface area contributed by atoms with Crippen molar-refractivity contribution in [3.63, 3.8) is 0 Å². The third kappa shape index (κ3) is 4.58. The summed E-state index contributed by atoms with van der Waals surface area (Å²) in [7, 11) is 0. The maximum absolute atomic E-state index is 5.94. The minimum atomic E-state index is 0.381. The molecule has 3 rings (SSSR count). The number of hydrogen-bond donors (Lipinski definition) is 1. The van der Waals surface area contributed by atoms with E-state index in [1.165, 1.54) is 24.0 Å². The van der Waals surface area contributed by atoms with Crippen LogP contribution in [-0.2, 0) is 22.5 Å². The van der Waals surface area contributed by atoms with Gasteiger partial charge in [0.2, 0.25) is 0 Å². The quantitative estimate of drug-likeness (QED) is 0.830. The largest absolute Gasteiger partial charge is 0.381 e. The molecule has 3 heteroatoms. The Morgan fingerprint density at radius 3 is 2.40 bits per heavy atom. The van der Waals surface area contributed by atoms with E-state index in [9.17, 15) is 0 Å². The summed E-state index contributed by atoms with van der Waals surface area (Å²) in [4.78, 5) is 0. The summed E-state index contributed by atoms with van der Waals surface area (Å²) in [6, 6.07) is 9.67. The molecule has 1 N–H and O–H groups in total. The van der Waals surface area contributed by atoms with Gasteiger partial charge in [0.25, 0.3) is 0 Å². The molecule has 2 fully saturated rings. The molecular formula is C17H25NO2. The van der Waals surface area contributed by atoms with E-state index in [1.807, 2.05) is 0 Å². The fourth-order valence-electron chi connectivity index (χ4n) is 2.57. The fraction of sp³-hybridized carbons (Fsp3) is 0.647. The summed E-state index contributed by atoms with van der Waals surface area (Å²) in [6.07, 6.45) is 6.30. The molecule has 0 unspecified atom stereocenters. The van der Waals surface area contributed by atoms with Crippen LogP contribution < -0.4 is 5.32 Å². The predicted molar refractivity (Wildman–Crippen MR) is 79.8 cm³/mol. The van der Waals surface area contributed by atoms with Gasteiger partial charge in [0.1, 0.15) is 0 Å². The number of ether oxygens (including phenoxy) is 2. The Balaban J connectivity index is 1.38. The molecule has 0 atom stereocenters. The van der Waals surface area contributed by atoms with Crippen LogP contribution in [-0.4, -0.2) is 31.9 Å². The summed E-state index contributed by atoms with van der Waals surface area (Å²) in [5, 5.41) is 3.55. The maximum atomic E-state index is 5.94. The Labute approximate surface area is 121 Å². The highest BCUT2D eigenvalue weighted by Gasteiger charge is 2.19. The van der Waals surface area contributed by atoms with Crippen molar-refractivity contribution in [2.45, 2.75) is 50.9 Å². The van der Waals surface area contributed by atoms with Crippen molar-refractivity contribution in [1.82, 2.24) is 5.32 Å². The van der Waals surface area contributed by atoms with Crippen molar-refractivity contribution in [2.75, 3.05) is 19.8 Å². The Hall–Kier alpha value is -0.900. The summed E-state index contributed by atoms with van der Waals surface area (Å²) in [5.41, 5.74) is 2.68. The van der Waals surface area contributed by atoms with Gasteiger partial charge in [0.05, 0.1) is 12.7 Å². The molecule has 1 aliphatic carbocycles. The fourth-order valence-corrected chi connectivity index (χ4v) is 2.57. The van der Waals surface area contributed by atoms with Gasteiger partial charge in [-0.15, -0.1) is 0 Å².